The van der Waals surface area contributed by atoms with Crippen LogP contribution in [0.5, 0.6) is 0 Å². The molecule has 11 nitrogen and oxygen atoms in total. The Kier molecular flexibility index (Phi) is 13.0. The molecule has 3 aliphatic rings. The number of methoxy groups -OCH3 is 1. The molecule has 3 fully saturated rings. The Morgan fingerprint density at radius 1 is 1.21 bits per heavy atom. The predicted molar refractivity (Wildman–Crippen MR) is 180 cm³/mol. The molecule has 2 N–H and O–H groups in total. The molecule has 3 saturated heterocycles. The number of allylic oxidation sites excluding steroid dienone is 1. The van der Waals surface area contributed by atoms with Crippen molar-refractivity contribution in [2.24, 2.45) is 11.8 Å². The van der Waals surface area contributed by atoms with Crippen molar-refractivity contribution in [3.05, 3.63) is 61.2 Å². The van der Waals surface area contributed by atoms with Crippen molar-refractivity contribution in [2.75, 3.05) is 26.9 Å². The molecule has 0 radical (unpaired) electrons. The third-order valence-corrected chi connectivity index (χ3v) is 10.2. The van der Waals surface area contributed by atoms with E-state index in [0.717, 1.165) is 12.8 Å². The smallest absolute Gasteiger partial charge is 0.313 e. The second kappa shape index (κ2) is 16.7. The Hall–Kier alpha value is -3.54. The van der Waals surface area contributed by atoms with Crippen LogP contribution in [0.15, 0.2) is 55.6 Å². The van der Waals surface area contributed by atoms with Crippen LogP contribution < -0.4 is 5.32 Å². The Morgan fingerprint density at radius 2 is 1.94 bits per heavy atom. The number of amides is 3. The Morgan fingerprint density at radius 3 is 2.54 bits per heavy atom. The summed E-state index contributed by atoms with van der Waals surface area (Å²) < 4.78 is 18.4. The molecule has 1 aromatic carbocycles. The van der Waals surface area contributed by atoms with Crippen molar-refractivity contribution in [1.29, 1.82) is 0 Å². The third-order valence-electron chi connectivity index (χ3n) is 10.2. The van der Waals surface area contributed by atoms with Crippen molar-refractivity contribution in [2.45, 2.75) is 108 Å². The first-order valence-corrected chi connectivity index (χ1v) is 17.3. The lowest BCUT2D eigenvalue weighted by molar-refractivity contribution is -0.163. The molecule has 1 spiro atoms. The van der Waals surface area contributed by atoms with Crippen LogP contribution in [-0.4, -0.2) is 101 Å². The summed E-state index contributed by atoms with van der Waals surface area (Å²) in [5.74, 6) is -3.47. The molecular weight excluding hydrogens is 614 g/mol. The zero-order valence-electron chi connectivity index (χ0n) is 28.8. The lowest BCUT2D eigenvalue weighted by atomic mass is 9.70. The van der Waals surface area contributed by atoms with E-state index in [1.807, 2.05) is 44.2 Å². The summed E-state index contributed by atoms with van der Waals surface area (Å²) >= 11 is 0. The number of aliphatic hydroxyl groups excluding tert-OH is 1. The number of likely N-dealkylation sites (tertiary alicyclic amines) is 1. The van der Waals surface area contributed by atoms with Gasteiger partial charge >= 0.3 is 5.97 Å². The van der Waals surface area contributed by atoms with Crippen molar-refractivity contribution in [3.63, 3.8) is 0 Å². The first-order valence-electron chi connectivity index (χ1n) is 17.3. The van der Waals surface area contributed by atoms with E-state index in [9.17, 15) is 24.3 Å². The first-order chi connectivity index (χ1) is 23.1. The first kappa shape index (κ1) is 37.3. The number of hydrogen-bond acceptors (Lipinski definition) is 8. The molecule has 3 heterocycles. The molecule has 0 saturated carbocycles. The van der Waals surface area contributed by atoms with Crippen LogP contribution >= 0.6 is 0 Å². The number of benzene rings is 1. The average molecular weight is 668 g/mol. The lowest BCUT2D eigenvalue weighted by Crippen LogP contribution is -2.60. The monoisotopic (exact) mass is 667 g/mol. The minimum absolute atomic E-state index is 0.0671. The van der Waals surface area contributed by atoms with Gasteiger partial charge in [-0.15, -0.1) is 13.2 Å². The second-order valence-electron chi connectivity index (χ2n) is 13.2. The standard InChI is InChI=1S/C37H53N3O8/c1-7-11-18-29(42)38-27(23-46-6)32(25-16-13-12-14-17-25)47-36(45)30-28-19-20-37(48-28)31(30)34(43)40(26(10-4)22-41)33(37)35(44)39(21-9-3)24(5)15-8-2/h7,9,12-14,16-17,24,26-28,30-33,41H,1,3,8,10-11,15,18-23H2,2,4-6H3,(H,38,42)/t24?,26-,27+,28-,30+,31+,32+,33-,37+/m0/s1. The summed E-state index contributed by atoms with van der Waals surface area (Å²) in [6, 6.07) is 6.62. The van der Waals surface area contributed by atoms with E-state index in [2.05, 4.69) is 25.4 Å². The highest BCUT2D eigenvalue weighted by Gasteiger charge is 2.75. The number of aliphatic hydroxyl groups is 1. The average Bonchev–Trinajstić information content (AvgIpc) is 3.73. The zero-order chi connectivity index (χ0) is 35.0. The van der Waals surface area contributed by atoms with E-state index in [-0.39, 0.29) is 43.4 Å². The maximum absolute atomic E-state index is 14.6. The van der Waals surface area contributed by atoms with Crippen LogP contribution in [0.1, 0.15) is 77.4 Å². The van der Waals surface area contributed by atoms with Crippen molar-refractivity contribution >= 4 is 23.7 Å². The summed E-state index contributed by atoms with van der Waals surface area (Å²) in [5.41, 5.74) is -0.594. The summed E-state index contributed by atoms with van der Waals surface area (Å²) in [5, 5.41) is 13.4. The maximum Gasteiger partial charge on any atom is 0.313 e. The van der Waals surface area contributed by atoms with Crippen LogP contribution in [0.4, 0.5) is 0 Å². The number of carbonyl (C=O) groups excluding carboxylic acids is 4. The largest absolute Gasteiger partial charge is 0.455 e. The minimum atomic E-state index is -1.25. The van der Waals surface area contributed by atoms with E-state index in [1.165, 1.54) is 12.0 Å². The van der Waals surface area contributed by atoms with Gasteiger partial charge in [0.05, 0.1) is 43.2 Å². The number of carbonyl (C=O) groups is 4. The van der Waals surface area contributed by atoms with Gasteiger partial charge in [0.15, 0.2) is 0 Å². The summed E-state index contributed by atoms with van der Waals surface area (Å²) in [6.07, 6.45) is 5.42. The molecular formula is C37H53N3O8. The molecule has 264 valence electrons. The van der Waals surface area contributed by atoms with Gasteiger partial charge in [-0.2, -0.15) is 0 Å². The van der Waals surface area contributed by atoms with Crippen LogP contribution in [-0.2, 0) is 33.4 Å². The fraction of sp³-hybridized carbons (Fsp3) is 0.622. The minimum Gasteiger partial charge on any atom is -0.455 e. The van der Waals surface area contributed by atoms with E-state index in [0.29, 0.717) is 37.8 Å². The normalized spacial score (nSPS) is 26.7. The fourth-order valence-corrected chi connectivity index (χ4v) is 7.93. The van der Waals surface area contributed by atoms with Crippen LogP contribution in [0, 0.1) is 11.8 Å². The van der Waals surface area contributed by atoms with Gasteiger partial charge in [-0.3, -0.25) is 19.2 Å². The van der Waals surface area contributed by atoms with E-state index in [4.69, 9.17) is 14.2 Å². The van der Waals surface area contributed by atoms with Crippen molar-refractivity contribution in [3.8, 4) is 0 Å². The van der Waals surface area contributed by atoms with E-state index >= 15 is 0 Å². The van der Waals surface area contributed by atoms with Gasteiger partial charge in [0, 0.05) is 26.1 Å². The molecule has 0 aromatic heterocycles. The number of nitrogens with zero attached hydrogens (tertiary/aromatic N) is 2. The summed E-state index contributed by atoms with van der Waals surface area (Å²) in [7, 11) is 1.51. The number of ether oxygens (including phenoxy) is 3. The van der Waals surface area contributed by atoms with Crippen LogP contribution in [0.2, 0.25) is 0 Å². The number of hydrogen-bond donors (Lipinski definition) is 2. The Bertz CT molecular complexity index is 1300. The van der Waals surface area contributed by atoms with Gasteiger partial charge in [-0.1, -0.05) is 62.8 Å². The van der Waals surface area contributed by atoms with Gasteiger partial charge in [0.25, 0.3) is 0 Å². The quantitative estimate of drug-likeness (QED) is 0.169. The predicted octanol–water partition coefficient (Wildman–Crippen LogP) is 3.72. The lowest BCUT2D eigenvalue weighted by Gasteiger charge is -2.40. The number of rotatable bonds is 19. The molecule has 3 aliphatic heterocycles. The maximum atomic E-state index is 14.6. The van der Waals surface area contributed by atoms with Gasteiger partial charge in [0.2, 0.25) is 17.7 Å². The van der Waals surface area contributed by atoms with Gasteiger partial charge < -0.3 is 34.4 Å². The SMILES string of the molecule is C=CCCC(=O)N[C@H](COC)[C@H](OC(=O)[C@@H]1[C@@H]2CC[C@]3(O2)[C@H](C(=O)N(CC=C)C(C)CCC)N([C@@H](CC)CO)C(=O)[C@@H]13)c1ccccc1. The molecule has 9 atom stereocenters. The van der Waals surface area contributed by atoms with Crippen LogP contribution in [0.25, 0.3) is 0 Å². The van der Waals surface area contributed by atoms with Crippen molar-refractivity contribution < 1.29 is 38.5 Å². The molecule has 2 bridgehead atoms. The van der Waals surface area contributed by atoms with Gasteiger partial charge in [-0.25, -0.2) is 0 Å². The number of nitrogens with one attached hydrogen (secondary N) is 1. The highest BCUT2D eigenvalue weighted by atomic mass is 16.6. The van der Waals surface area contributed by atoms with Crippen LogP contribution in [0.3, 0.4) is 0 Å². The molecule has 1 unspecified atom stereocenters. The molecule has 48 heavy (non-hydrogen) atoms. The van der Waals surface area contributed by atoms with E-state index < -0.39 is 53.7 Å². The fourth-order valence-electron chi connectivity index (χ4n) is 7.93. The molecule has 3 amide bonds. The molecule has 4 rings (SSSR count). The Labute approximate surface area is 284 Å². The molecule has 0 aliphatic carbocycles. The number of esters is 1. The second-order valence-corrected chi connectivity index (χ2v) is 13.2. The summed E-state index contributed by atoms with van der Waals surface area (Å²) in [6.45, 7) is 13.5. The highest BCUT2D eigenvalue weighted by molar-refractivity contribution is 5.98. The zero-order valence-corrected chi connectivity index (χ0v) is 28.8. The molecule has 1 aromatic rings. The van der Waals surface area contributed by atoms with Crippen molar-refractivity contribution in [1.82, 2.24) is 15.1 Å². The number of fused-ring (bicyclic) bond motifs is 1. The molecule has 11 heteroatoms. The third kappa shape index (κ3) is 7.23. The Balaban J connectivity index is 1.72. The van der Waals surface area contributed by atoms with Gasteiger partial charge in [-0.05, 0) is 44.6 Å². The topological polar surface area (TPSA) is 135 Å². The summed E-state index contributed by atoms with van der Waals surface area (Å²) in [4.78, 5) is 59.6. The van der Waals surface area contributed by atoms with Gasteiger partial charge in [0.1, 0.15) is 17.7 Å². The van der Waals surface area contributed by atoms with E-state index in [1.54, 1.807) is 17.1 Å². The highest BCUT2D eigenvalue weighted by Crippen LogP contribution is 2.59.